The highest BCUT2D eigenvalue weighted by Crippen LogP contribution is 2.36. The number of nitrogens with zero attached hydrogens (tertiary/aromatic N) is 4. The van der Waals surface area contributed by atoms with Crippen LogP contribution in [0.4, 0.5) is 17.5 Å². The number of hydrazine groups is 1. The van der Waals surface area contributed by atoms with E-state index in [1.807, 2.05) is 4.90 Å². The molecule has 1 fully saturated rings. The largest absolute Gasteiger partial charge is 0.348 e. The third-order valence-electron chi connectivity index (χ3n) is 3.28. The van der Waals surface area contributed by atoms with Gasteiger partial charge in [0.25, 0.3) is 0 Å². The van der Waals surface area contributed by atoms with Gasteiger partial charge in [0.15, 0.2) is 0 Å². The molecule has 8 heteroatoms. The van der Waals surface area contributed by atoms with E-state index in [1.165, 1.54) is 6.20 Å². The van der Waals surface area contributed by atoms with Crippen LogP contribution in [-0.4, -0.2) is 27.5 Å². The molecule has 2 rings (SSSR count). The molecule has 0 bridgehead atoms. The van der Waals surface area contributed by atoms with Gasteiger partial charge in [0.2, 0.25) is 11.8 Å². The minimum atomic E-state index is -0.444. The van der Waals surface area contributed by atoms with E-state index in [2.05, 4.69) is 29.2 Å². The smallest absolute Gasteiger partial charge is 0.329 e. The van der Waals surface area contributed by atoms with Gasteiger partial charge in [-0.05, 0) is 25.2 Å². The number of aromatic nitrogens is 2. The van der Waals surface area contributed by atoms with E-state index in [0.717, 1.165) is 25.8 Å². The Morgan fingerprint density at radius 3 is 2.80 bits per heavy atom. The molecule has 3 N–H and O–H groups in total. The van der Waals surface area contributed by atoms with Crippen molar-refractivity contribution in [3.8, 4) is 0 Å². The first kappa shape index (κ1) is 14.4. The number of rotatable bonds is 7. The molecule has 0 spiro atoms. The highest BCUT2D eigenvalue weighted by atomic mass is 16.6. The SMILES string of the molecule is CC(C)CCN(c1nc(NN)ncc1[N+](=O)[O-])C1CC1. The molecular formula is C12H20N6O2. The molecule has 1 heterocycles. The van der Waals surface area contributed by atoms with Gasteiger partial charge in [0.1, 0.15) is 6.20 Å². The van der Waals surface area contributed by atoms with E-state index in [1.54, 1.807) is 0 Å². The predicted octanol–water partition coefficient (Wildman–Crippen LogP) is 1.69. The van der Waals surface area contributed by atoms with Crippen LogP contribution in [0.15, 0.2) is 6.20 Å². The van der Waals surface area contributed by atoms with Gasteiger partial charge in [-0.2, -0.15) is 4.98 Å². The lowest BCUT2D eigenvalue weighted by molar-refractivity contribution is -0.384. The van der Waals surface area contributed by atoms with E-state index >= 15 is 0 Å². The second-order valence-electron chi connectivity index (χ2n) is 5.41. The second-order valence-corrected chi connectivity index (χ2v) is 5.41. The quantitative estimate of drug-likeness (QED) is 0.444. The van der Waals surface area contributed by atoms with Crippen LogP contribution in [0.5, 0.6) is 0 Å². The van der Waals surface area contributed by atoms with E-state index in [-0.39, 0.29) is 11.6 Å². The van der Waals surface area contributed by atoms with E-state index < -0.39 is 4.92 Å². The Morgan fingerprint density at radius 1 is 1.60 bits per heavy atom. The molecule has 0 aliphatic heterocycles. The highest BCUT2D eigenvalue weighted by molar-refractivity contribution is 5.60. The molecular weight excluding hydrogens is 260 g/mol. The second kappa shape index (κ2) is 6.00. The van der Waals surface area contributed by atoms with Crippen LogP contribution in [-0.2, 0) is 0 Å². The first-order valence-corrected chi connectivity index (χ1v) is 6.77. The van der Waals surface area contributed by atoms with Gasteiger partial charge < -0.3 is 4.90 Å². The zero-order chi connectivity index (χ0) is 14.7. The zero-order valence-electron chi connectivity index (χ0n) is 11.7. The Balaban J connectivity index is 2.32. The molecule has 0 radical (unpaired) electrons. The summed E-state index contributed by atoms with van der Waals surface area (Å²) in [5, 5.41) is 11.2. The third-order valence-corrected chi connectivity index (χ3v) is 3.28. The number of hydrogen-bond donors (Lipinski definition) is 2. The van der Waals surface area contributed by atoms with Gasteiger partial charge in [-0.3, -0.25) is 15.5 Å². The van der Waals surface area contributed by atoms with E-state index in [9.17, 15) is 10.1 Å². The lowest BCUT2D eigenvalue weighted by Crippen LogP contribution is -2.30. The minimum absolute atomic E-state index is 0.0698. The molecule has 1 aromatic rings. The average Bonchev–Trinajstić information content (AvgIpc) is 3.22. The van der Waals surface area contributed by atoms with Crippen LogP contribution in [0.1, 0.15) is 33.1 Å². The van der Waals surface area contributed by atoms with Gasteiger partial charge in [-0.25, -0.2) is 10.8 Å². The van der Waals surface area contributed by atoms with Gasteiger partial charge in [0.05, 0.1) is 4.92 Å². The van der Waals surface area contributed by atoms with Gasteiger partial charge in [0, 0.05) is 12.6 Å². The maximum Gasteiger partial charge on any atom is 0.329 e. The van der Waals surface area contributed by atoms with Crippen molar-refractivity contribution in [3.63, 3.8) is 0 Å². The monoisotopic (exact) mass is 280 g/mol. The molecule has 0 saturated heterocycles. The highest BCUT2D eigenvalue weighted by Gasteiger charge is 2.34. The molecule has 1 aliphatic rings. The van der Waals surface area contributed by atoms with Crippen LogP contribution in [0.2, 0.25) is 0 Å². The Hall–Kier alpha value is -1.96. The number of hydrogen-bond acceptors (Lipinski definition) is 7. The van der Waals surface area contributed by atoms with Crippen molar-refractivity contribution < 1.29 is 4.92 Å². The molecule has 0 unspecified atom stereocenters. The molecule has 1 aromatic heterocycles. The lowest BCUT2D eigenvalue weighted by Gasteiger charge is -2.24. The van der Waals surface area contributed by atoms with Crippen LogP contribution in [0, 0.1) is 16.0 Å². The molecule has 1 saturated carbocycles. The van der Waals surface area contributed by atoms with Crippen molar-refractivity contribution in [2.24, 2.45) is 11.8 Å². The topological polar surface area (TPSA) is 110 Å². The number of anilines is 2. The number of nitrogens with two attached hydrogens (primary N) is 1. The maximum absolute atomic E-state index is 11.2. The zero-order valence-corrected chi connectivity index (χ0v) is 11.7. The summed E-state index contributed by atoms with van der Waals surface area (Å²) < 4.78 is 0. The standard InChI is InChI=1S/C12H20N6O2/c1-8(2)5-6-17(9-3-4-9)11-10(18(19)20)7-14-12(15-11)16-13/h7-9H,3-6,13H2,1-2H3,(H,14,15,16). The van der Waals surface area contributed by atoms with E-state index in [0.29, 0.717) is 17.8 Å². The fourth-order valence-corrected chi connectivity index (χ4v) is 2.02. The maximum atomic E-state index is 11.2. The number of nitrogens with one attached hydrogen (secondary N) is 1. The summed E-state index contributed by atoms with van der Waals surface area (Å²) in [7, 11) is 0. The van der Waals surface area contributed by atoms with Crippen LogP contribution in [0.3, 0.4) is 0 Å². The fourth-order valence-electron chi connectivity index (χ4n) is 2.02. The average molecular weight is 280 g/mol. The molecule has 0 atom stereocenters. The van der Waals surface area contributed by atoms with E-state index in [4.69, 9.17) is 5.84 Å². The molecule has 8 nitrogen and oxygen atoms in total. The lowest BCUT2D eigenvalue weighted by atomic mass is 10.1. The van der Waals surface area contributed by atoms with Crippen molar-refractivity contribution in [1.29, 1.82) is 0 Å². The van der Waals surface area contributed by atoms with Gasteiger partial charge in [-0.15, -0.1) is 0 Å². The molecule has 0 aromatic carbocycles. The van der Waals surface area contributed by atoms with Crippen molar-refractivity contribution in [2.45, 2.75) is 39.2 Å². The summed E-state index contributed by atoms with van der Waals surface area (Å²) in [5.74, 6) is 6.38. The van der Waals surface area contributed by atoms with Crippen LogP contribution >= 0.6 is 0 Å². The Kier molecular flexibility index (Phi) is 4.33. The Morgan fingerprint density at radius 2 is 2.30 bits per heavy atom. The van der Waals surface area contributed by atoms with Crippen LogP contribution < -0.4 is 16.2 Å². The summed E-state index contributed by atoms with van der Waals surface area (Å²) in [6, 6.07) is 0.341. The summed E-state index contributed by atoms with van der Waals surface area (Å²) in [6.07, 6.45) is 4.26. The minimum Gasteiger partial charge on any atom is -0.348 e. The summed E-state index contributed by atoms with van der Waals surface area (Å²) in [6.45, 7) is 5.02. The Labute approximate surface area is 117 Å². The predicted molar refractivity (Wildman–Crippen MR) is 76.3 cm³/mol. The summed E-state index contributed by atoms with van der Waals surface area (Å²) in [4.78, 5) is 20.7. The first-order chi connectivity index (χ1) is 9.52. The summed E-state index contributed by atoms with van der Waals surface area (Å²) in [5.41, 5.74) is 2.27. The van der Waals surface area contributed by atoms with Crippen molar-refractivity contribution in [1.82, 2.24) is 9.97 Å². The summed E-state index contributed by atoms with van der Waals surface area (Å²) >= 11 is 0. The van der Waals surface area contributed by atoms with Gasteiger partial charge >= 0.3 is 5.69 Å². The number of nitrogen functional groups attached to an aromatic ring is 1. The molecule has 0 amide bonds. The van der Waals surface area contributed by atoms with Crippen LogP contribution in [0.25, 0.3) is 0 Å². The third kappa shape index (κ3) is 3.32. The fraction of sp³-hybridized carbons (Fsp3) is 0.667. The van der Waals surface area contributed by atoms with Crippen molar-refractivity contribution in [3.05, 3.63) is 16.3 Å². The Bertz CT molecular complexity index is 489. The normalized spacial score (nSPS) is 14.4. The van der Waals surface area contributed by atoms with Gasteiger partial charge in [-0.1, -0.05) is 13.8 Å². The number of nitro groups is 1. The first-order valence-electron chi connectivity index (χ1n) is 6.77. The molecule has 20 heavy (non-hydrogen) atoms. The van der Waals surface area contributed by atoms with Crippen molar-refractivity contribution >= 4 is 17.5 Å². The molecule has 110 valence electrons. The molecule has 1 aliphatic carbocycles. The van der Waals surface area contributed by atoms with Crippen molar-refractivity contribution in [2.75, 3.05) is 16.9 Å².